The van der Waals surface area contributed by atoms with Gasteiger partial charge in [0.25, 0.3) is 0 Å². The predicted molar refractivity (Wildman–Crippen MR) is 96.2 cm³/mol. The minimum atomic E-state index is -0.243. The number of nitrogens with one attached hydrogen (secondary N) is 2. The Morgan fingerprint density at radius 3 is 2.54 bits per heavy atom. The molecule has 1 fully saturated rings. The fraction of sp³-hybridized carbons (Fsp3) is 0.556. The maximum atomic E-state index is 11.5. The molecule has 2 N–H and O–H groups in total. The number of hydrogen-bond donors (Lipinski definition) is 2. The standard InChI is InChI=1S/C18H28N4O2/c1-4-14-7-5-6-8-15(14)13-20-17(19-2)21-16-9-11-22(12-10-16)18(23)24-3/h5-8,16H,4,9-13H2,1-3H3,(H2,19,20,21). The number of hydrogen-bond acceptors (Lipinski definition) is 3. The van der Waals surface area contributed by atoms with Gasteiger partial charge in [-0.1, -0.05) is 31.2 Å². The predicted octanol–water partition coefficient (Wildman–Crippen LogP) is 2.14. The fourth-order valence-corrected chi connectivity index (χ4v) is 2.98. The highest BCUT2D eigenvalue weighted by Gasteiger charge is 2.23. The number of aryl methyl sites for hydroxylation is 1. The normalized spacial score (nSPS) is 16.0. The summed E-state index contributed by atoms with van der Waals surface area (Å²) < 4.78 is 4.77. The van der Waals surface area contributed by atoms with Gasteiger partial charge in [0, 0.05) is 32.7 Å². The second-order valence-corrected chi connectivity index (χ2v) is 5.92. The van der Waals surface area contributed by atoms with Gasteiger partial charge >= 0.3 is 6.09 Å². The molecule has 6 heteroatoms. The third-order valence-electron chi connectivity index (χ3n) is 4.44. The number of rotatable bonds is 4. The molecular weight excluding hydrogens is 304 g/mol. The van der Waals surface area contributed by atoms with Gasteiger partial charge in [0.05, 0.1) is 7.11 Å². The van der Waals surface area contributed by atoms with Gasteiger partial charge in [-0.3, -0.25) is 4.99 Å². The lowest BCUT2D eigenvalue weighted by atomic mass is 10.1. The molecule has 0 unspecified atom stereocenters. The quantitative estimate of drug-likeness (QED) is 0.655. The lowest BCUT2D eigenvalue weighted by Crippen LogP contribution is -2.49. The molecule has 0 aromatic heterocycles. The van der Waals surface area contributed by atoms with Crippen molar-refractivity contribution >= 4 is 12.1 Å². The van der Waals surface area contributed by atoms with Crippen LogP contribution in [-0.4, -0.2) is 50.2 Å². The molecule has 1 aliphatic heterocycles. The van der Waals surface area contributed by atoms with Crippen LogP contribution in [0.15, 0.2) is 29.3 Å². The molecule has 0 aliphatic carbocycles. The topological polar surface area (TPSA) is 66.0 Å². The number of nitrogens with zero attached hydrogens (tertiary/aromatic N) is 2. The number of benzene rings is 1. The number of carbonyl (C=O) groups is 1. The Bertz CT molecular complexity index is 566. The Balaban J connectivity index is 1.82. The number of amides is 1. The molecular formula is C18H28N4O2. The van der Waals surface area contributed by atoms with Gasteiger partial charge in [0.1, 0.15) is 0 Å². The van der Waals surface area contributed by atoms with Crippen LogP contribution in [0.2, 0.25) is 0 Å². The maximum absolute atomic E-state index is 11.5. The second-order valence-electron chi connectivity index (χ2n) is 5.92. The van der Waals surface area contributed by atoms with E-state index < -0.39 is 0 Å². The minimum Gasteiger partial charge on any atom is -0.453 e. The highest BCUT2D eigenvalue weighted by atomic mass is 16.5. The first-order valence-corrected chi connectivity index (χ1v) is 8.54. The Labute approximate surface area is 144 Å². The molecule has 0 atom stereocenters. The van der Waals surface area contributed by atoms with E-state index in [1.165, 1.54) is 18.2 Å². The van der Waals surface area contributed by atoms with Crippen molar-refractivity contribution < 1.29 is 9.53 Å². The van der Waals surface area contributed by atoms with Crippen LogP contribution in [0, 0.1) is 0 Å². The Morgan fingerprint density at radius 1 is 1.29 bits per heavy atom. The van der Waals surface area contributed by atoms with E-state index >= 15 is 0 Å². The van der Waals surface area contributed by atoms with Crippen LogP contribution in [-0.2, 0) is 17.7 Å². The average Bonchev–Trinajstić information content (AvgIpc) is 2.65. The molecule has 1 saturated heterocycles. The molecule has 0 bridgehead atoms. The summed E-state index contributed by atoms with van der Waals surface area (Å²) in [4.78, 5) is 17.6. The lowest BCUT2D eigenvalue weighted by Gasteiger charge is -2.32. The monoisotopic (exact) mass is 332 g/mol. The van der Waals surface area contributed by atoms with Crippen LogP contribution in [0.5, 0.6) is 0 Å². The fourth-order valence-electron chi connectivity index (χ4n) is 2.98. The van der Waals surface area contributed by atoms with E-state index in [1.807, 2.05) is 0 Å². The molecule has 24 heavy (non-hydrogen) atoms. The van der Waals surface area contributed by atoms with Gasteiger partial charge in [-0.15, -0.1) is 0 Å². The first kappa shape index (κ1) is 18.1. The molecule has 1 heterocycles. The molecule has 0 radical (unpaired) electrons. The number of carbonyl (C=O) groups excluding carboxylic acids is 1. The van der Waals surface area contributed by atoms with Crippen LogP contribution in [0.25, 0.3) is 0 Å². The number of likely N-dealkylation sites (tertiary alicyclic amines) is 1. The van der Waals surface area contributed by atoms with Gasteiger partial charge in [-0.2, -0.15) is 0 Å². The lowest BCUT2D eigenvalue weighted by molar-refractivity contribution is 0.111. The van der Waals surface area contributed by atoms with Crippen molar-refractivity contribution in [3.05, 3.63) is 35.4 Å². The zero-order chi connectivity index (χ0) is 17.4. The minimum absolute atomic E-state index is 0.243. The van der Waals surface area contributed by atoms with Crippen LogP contribution in [0.3, 0.4) is 0 Å². The highest BCUT2D eigenvalue weighted by Crippen LogP contribution is 2.12. The molecule has 0 spiro atoms. The van der Waals surface area contributed by atoms with E-state index in [-0.39, 0.29) is 6.09 Å². The van der Waals surface area contributed by atoms with Crippen molar-refractivity contribution in [2.45, 2.75) is 38.8 Å². The van der Waals surface area contributed by atoms with Gasteiger partial charge in [0.2, 0.25) is 0 Å². The van der Waals surface area contributed by atoms with E-state index in [2.05, 4.69) is 46.8 Å². The van der Waals surface area contributed by atoms with Crippen molar-refractivity contribution in [2.75, 3.05) is 27.2 Å². The molecule has 1 aliphatic rings. The number of methoxy groups -OCH3 is 1. The average molecular weight is 332 g/mol. The van der Waals surface area contributed by atoms with Crippen LogP contribution in [0.1, 0.15) is 30.9 Å². The van der Waals surface area contributed by atoms with Crippen LogP contribution < -0.4 is 10.6 Å². The molecule has 1 aromatic carbocycles. The van der Waals surface area contributed by atoms with Crippen molar-refractivity contribution in [1.82, 2.24) is 15.5 Å². The maximum Gasteiger partial charge on any atom is 0.409 e. The summed E-state index contributed by atoms with van der Waals surface area (Å²) >= 11 is 0. The van der Waals surface area contributed by atoms with E-state index in [9.17, 15) is 4.79 Å². The van der Waals surface area contributed by atoms with Crippen molar-refractivity contribution in [3.8, 4) is 0 Å². The Hall–Kier alpha value is -2.24. The number of piperidine rings is 1. The second kappa shape index (κ2) is 9.15. The molecule has 1 aromatic rings. The first-order valence-electron chi connectivity index (χ1n) is 8.54. The third-order valence-corrected chi connectivity index (χ3v) is 4.44. The van der Waals surface area contributed by atoms with Crippen molar-refractivity contribution in [2.24, 2.45) is 4.99 Å². The van der Waals surface area contributed by atoms with Gasteiger partial charge in [-0.25, -0.2) is 4.79 Å². The smallest absolute Gasteiger partial charge is 0.409 e. The van der Waals surface area contributed by atoms with Crippen molar-refractivity contribution in [1.29, 1.82) is 0 Å². The summed E-state index contributed by atoms with van der Waals surface area (Å²) in [6, 6.07) is 8.77. The van der Waals surface area contributed by atoms with Crippen LogP contribution in [0.4, 0.5) is 4.79 Å². The molecule has 2 rings (SSSR count). The SMILES string of the molecule is CCc1ccccc1CNC(=NC)NC1CCN(C(=O)OC)CC1. The third kappa shape index (κ3) is 4.88. The molecule has 0 saturated carbocycles. The first-order chi connectivity index (χ1) is 11.7. The van der Waals surface area contributed by atoms with Gasteiger partial charge in [-0.05, 0) is 30.4 Å². The summed E-state index contributed by atoms with van der Waals surface area (Å²) in [6.07, 6.45) is 2.56. The number of ether oxygens (including phenoxy) is 1. The number of guanidine groups is 1. The zero-order valence-corrected chi connectivity index (χ0v) is 14.8. The Morgan fingerprint density at radius 2 is 1.96 bits per heavy atom. The molecule has 6 nitrogen and oxygen atoms in total. The van der Waals surface area contributed by atoms with E-state index in [1.54, 1.807) is 11.9 Å². The largest absolute Gasteiger partial charge is 0.453 e. The summed E-state index contributed by atoms with van der Waals surface area (Å²) in [7, 11) is 3.21. The summed E-state index contributed by atoms with van der Waals surface area (Å²) in [5.41, 5.74) is 2.65. The number of aliphatic imine (C=N–C) groups is 1. The van der Waals surface area contributed by atoms with E-state index in [4.69, 9.17) is 4.74 Å². The zero-order valence-electron chi connectivity index (χ0n) is 14.8. The molecule has 1 amide bonds. The van der Waals surface area contributed by atoms with Gasteiger partial charge in [0.15, 0.2) is 5.96 Å². The molecule has 132 valence electrons. The summed E-state index contributed by atoms with van der Waals surface area (Å²) in [5, 5.41) is 6.84. The summed E-state index contributed by atoms with van der Waals surface area (Å²) in [5.74, 6) is 0.803. The Kier molecular flexibility index (Phi) is 6.90. The van der Waals surface area contributed by atoms with Gasteiger partial charge < -0.3 is 20.3 Å². The summed E-state index contributed by atoms with van der Waals surface area (Å²) in [6.45, 7) is 4.34. The van der Waals surface area contributed by atoms with Crippen LogP contribution >= 0.6 is 0 Å². The van der Waals surface area contributed by atoms with E-state index in [0.29, 0.717) is 19.1 Å². The van der Waals surface area contributed by atoms with Crippen molar-refractivity contribution in [3.63, 3.8) is 0 Å². The highest BCUT2D eigenvalue weighted by molar-refractivity contribution is 5.80. The van der Waals surface area contributed by atoms with E-state index in [0.717, 1.165) is 31.8 Å².